The van der Waals surface area contributed by atoms with Crippen LogP contribution >= 0.6 is 28.3 Å². The molecule has 1 aliphatic heterocycles. The number of methoxy groups -OCH3 is 1. The quantitative estimate of drug-likeness (QED) is 0.758. The van der Waals surface area contributed by atoms with Crippen molar-refractivity contribution < 1.29 is 13.2 Å². The molecular formula is C15H24BrClN2O3S. The van der Waals surface area contributed by atoms with Crippen molar-refractivity contribution in [3.05, 3.63) is 22.7 Å². The summed E-state index contributed by atoms with van der Waals surface area (Å²) in [6, 6.07) is 5.05. The fourth-order valence-electron chi connectivity index (χ4n) is 2.75. The molecule has 0 amide bonds. The number of piperidine rings is 1. The Hall–Kier alpha value is -0.340. The molecule has 1 fully saturated rings. The number of ether oxygens (including phenoxy) is 1. The Kier molecular flexibility index (Phi) is 8.30. The average Bonchev–Trinajstić information content (AvgIpc) is 2.52. The molecule has 1 heterocycles. The molecule has 0 radical (unpaired) electrons. The van der Waals surface area contributed by atoms with E-state index in [2.05, 4.69) is 21.2 Å². The molecule has 0 saturated carbocycles. The van der Waals surface area contributed by atoms with Gasteiger partial charge in [0.25, 0.3) is 0 Å². The maximum Gasteiger partial charge on any atom is 0.243 e. The molecule has 0 atom stereocenters. The van der Waals surface area contributed by atoms with Crippen molar-refractivity contribution in [2.45, 2.75) is 37.1 Å². The average molecular weight is 428 g/mol. The highest BCUT2D eigenvalue weighted by molar-refractivity contribution is 9.10. The van der Waals surface area contributed by atoms with Crippen molar-refractivity contribution in [1.29, 1.82) is 0 Å². The fourth-order valence-corrected chi connectivity index (χ4v) is 5.22. The Morgan fingerprint density at radius 3 is 2.52 bits per heavy atom. The topological polar surface area (TPSA) is 58.6 Å². The van der Waals surface area contributed by atoms with E-state index < -0.39 is 10.0 Å². The molecule has 1 aromatic rings. The zero-order chi connectivity index (χ0) is 16.2. The molecule has 0 aromatic heterocycles. The summed E-state index contributed by atoms with van der Waals surface area (Å²) < 4.78 is 33.7. The Labute approximate surface area is 153 Å². The van der Waals surface area contributed by atoms with E-state index in [1.54, 1.807) is 22.5 Å². The minimum absolute atomic E-state index is 0. The van der Waals surface area contributed by atoms with Crippen LogP contribution in [0.1, 0.15) is 26.2 Å². The lowest BCUT2D eigenvalue weighted by Gasteiger charge is -2.33. The minimum Gasteiger partial charge on any atom is -0.497 e. The number of benzene rings is 1. The molecule has 1 aliphatic rings. The summed E-state index contributed by atoms with van der Waals surface area (Å²) in [4.78, 5) is 0.283. The molecule has 23 heavy (non-hydrogen) atoms. The van der Waals surface area contributed by atoms with Crippen LogP contribution in [0.5, 0.6) is 5.75 Å². The lowest BCUT2D eigenvalue weighted by atomic mass is 10.1. The molecule has 2 rings (SSSR count). The van der Waals surface area contributed by atoms with E-state index >= 15 is 0 Å². The predicted molar refractivity (Wildman–Crippen MR) is 98.0 cm³/mol. The molecule has 1 N–H and O–H groups in total. The molecule has 0 bridgehead atoms. The molecule has 132 valence electrons. The summed E-state index contributed by atoms with van der Waals surface area (Å²) >= 11 is 3.36. The molecule has 8 heteroatoms. The summed E-state index contributed by atoms with van der Waals surface area (Å²) in [5.41, 5.74) is 0. The fraction of sp³-hybridized carbons (Fsp3) is 0.600. The first-order valence-corrected chi connectivity index (χ1v) is 9.79. The first-order chi connectivity index (χ1) is 10.5. The summed E-state index contributed by atoms with van der Waals surface area (Å²) in [6.45, 7) is 4.28. The van der Waals surface area contributed by atoms with Crippen LogP contribution < -0.4 is 10.1 Å². The van der Waals surface area contributed by atoms with Crippen molar-refractivity contribution in [1.82, 2.24) is 9.62 Å². The van der Waals surface area contributed by atoms with Gasteiger partial charge in [0.2, 0.25) is 10.0 Å². The van der Waals surface area contributed by atoms with Gasteiger partial charge in [0, 0.05) is 23.1 Å². The minimum atomic E-state index is -3.52. The second kappa shape index (κ2) is 9.22. The number of rotatable bonds is 6. The van der Waals surface area contributed by atoms with Crippen LogP contribution in [-0.2, 0) is 10.0 Å². The third-order valence-electron chi connectivity index (χ3n) is 3.85. The smallest absolute Gasteiger partial charge is 0.243 e. The number of hydrogen-bond acceptors (Lipinski definition) is 4. The van der Waals surface area contributed by atoms with Crippen LogP contribution in [0.25, 0.3) is 0 Å². The van der Waals surface area contributed by atoms with Gasteiger partial charge in [-0.2, -0.15) is 4.31 Å². The van der Waals surface area contributed by atoms with Crippen LogP contribution in [0, 0.1) is 0 Å². The summed E-state index contributed by atoms with van der Waals surface area (Å²) in [6.07, 6.45) is 2.50. The van der Waals surface area contributed by atoms with E-state index in [0.29, 0.717) is 16.8 Å². The SMILES string of the molecule is CCCN(C1CCNCC1)S(=O)(=O)c1cc(Br)cc(OC)c1.Cl. The monoisotopic (exact) mass is 426 g/mol. The number of nitrogens with zero attached hydrogens (tertiary/aromatic N) is 1. The highest BCUT2D eigenvalue weighted by Crippen LogP contribution is 2.28. The molecule has 0 unspecified atom stereocenters. The van der Waals surface area contributed by atoms with Gasteiger partial charge in [-0.1, -0.05) is 22.9 Å². The number of halogens is 2. The van der Waals surface area contributed by atoms with Gasteiger partial charge in [0.15, 0.2) is 0 Å². The summed E-state index contributed by atoms with van der Waals surface area (Å²) in [5.74, 6) is 0.537. The Morgan fingerprint density at radius 1 is 1.30 bits per heavy atom. The van der Waals surface area contributed by atoms with E-state index in [4.69, 9.17) is 4.74 Å². The lowest BCUT2D eigenvalue weighted by Crippen LogP contribution is -2.46. The third-order valence-corrected chi connectivity index (χ3v) is 6.23. The first kappa shape index (κ1) is 20.7. The van der Waals surface area contributed by atoms with Crippen molar-refractivity contribution in [3.63, 3.8) is 0 Å². The normalized spacial score (nSPS) is 16.2. The van der Waals surface area contributed by atoms with Gasteiger partial charge in [0.05, 0.1) is 12.0 Å². The molecule has 0 spiro atoms. The number of nitrogens with one attached hydrogen (secondary N) is 1. The van der Waals surface area contributed by atoms with Gasteiger partial charge >= 0.3 is 0 Å². The van der Waals surface area contributed by atoms with Crippen LogP contribution in [0.2, 0.25) is 0 Å². The predicted octanol–water partition coefficient (Wildman–Crippen LogP) is 3.03. The molecule has 0 aliphatic carbocycles. The Balaban J connectivity index is 0.00000264. The van der Waals surface area contributed by atoms with Crippen LogP contribution in [-0.4, -0.2) is 45.5 Å². The zero-order valence-corrected chi connectivity index (χ0v) is 16.6. The highest BCUT2D eigenvalue weighted by Gasteiger charge is 2.32. The van der Waals surface area contributed by atoms with Gasteiger partial charge in [0.1, 0.15) is 5.75 Å². The van der Waals surface area contributed by atoms with Crippen LogP contribution in [0.3, 0.4) is 0 Å². The van der Waals surface area contributed by atoms with Crippen LogP contribution in [0.15, 0.2) is 27.6 Å². The van der Waals surface area contributed by atoms with Gasteiger partial charge in [-0.3, -0.25) is 0 Å². The van der Waals surface area contributed by atoms with Crippen molar-refractivity contribution in [2.75, 3.05) is 26.7 Å². The van der Waals surface area contributed by atoms with E-state index in [1.807, 2.05) is 6.92 Å². The number of sulfonamides is 1. The largest absolute Gasteiger partial charge is 0.497 e. The first-order valence-electron chi connectivity index (χ1n) is 7.56. The Morgan fingerprint density at radius 2 is 1.96 bits per heavy atom. The molecule has 1 saturated heterocycles. The Bertz CT molecular complexity index is 607. The second-order valence-electron chi connectivity index (χ2n) is 5.42. The summed E-state index contributed by atoms with van der Waals surface area (Å²) in [7, 11) is -1.99. The van der Waals surface area contributed by atoms with E-state index in [9.17, 15) is 8.42 Å². The van der Waals surface area contributed by atoms with Gasteiger partial charge in [-0.05, 0) is 44.5 Å². The summed E-state index contributed by atoms with van der Waals surface area (Å²) in [5, 5.41) is 3.28. The van der Waals surface area contributed by atoms with Gasteiger partial charge in [-0.15, -0.1) is 12.4 Å². The maximum atomic E-state index is 13.1. The van der Waals surface area contributed by atoms with Crippen molar-refractivity contribution in [2.24, 2.45) is 0 Å². The van der Waals surface area contributed by atoms with Gasteiger partial charge in [-0.25, -0.2) is 8.42 Å². The molecule has 1 aromatic carbocycles. The van der Waals surface area contributed by atoms with Crippen molar-refractivity contribution >= 4 is 38.4 Å². The van der Waals surface area contributed by atoms with E-state index in [0.717, 1.165) is 32.4 Å². The third kappa shape index (κ3) is 5.06. The van der Waals surface area contributed by atoms with E-state index in [1.165, 1.54) is 7.11 Å². The number of hydrogen-bond donors (Lipinski definition) is 1. The van der Waals surface area contributed by atoms with Gasteiger partial charge < -0.3 is 10.1 Å². The molecule has 5 nitrogen and oxygen atoms in total. The van der Waals surface area contributed by atoms with E-state index in [-0.39, 0.29) is 23.3 Å². The lowest BCUT2D eigenvalue weighted by molar-refractivity contribution is 0.262. The highest BCUT2D eigenvalue weighted by atomic mass is 79.9. The maximum absolute atomic E-state index is 13.1. The second-order valence-corrected chi connectivity index (χ2v) is 8.23. The molecular weight excluding hydrogens is 404 g/mol. The van der Waals surface area contributed by atoms with Crippen molar-refractivity contribution in [3.8, 4) is 5.75 Å². The van der Waals surface area contributed by atoms with Crippen LogP contribution in [0.4, 0.5) is 0 Å². The zero-order valence-electron chi connectivity index (χ0n) is 13.4. The standard InChI is InChI=1S/C15H23BrN2O3S.ClH/c1-3-8-18(13-4-6-17-7-5-13)22(19,20)15-10-12(16)9-14(11-15)21-2;/h9-11,13,17H,3-8H2,1-2H3;1H.